The summed E-state index contributed by atoms with van der Waals surface area (Å²) in [4.78, 5) is 17.0. The molecule has 3 unspecified atom stereocenters. The first-order valence-electron chi connectivity index (χ1n) is 8.04. The Morgan fingerprint density at radius 2 is 1.90 bits per heavy atom. The van der Waals surface area contributed by atoms with E-state index in [0.29, 0.717) is 17.9 Å². The second-order valence-electron chi connectivity index (χ2n) is 7.32. The van der Waals surface area contributed by atoms with E-state index in [0.717, 1.165) is 25.8 Å². The standard InChI is InChI=1S/C16H31N3O/c1-12-10-13(17)6-7-14(12)15(20)19(4)11-16(18(2)3)8-5-9-16/h12-14H,5-11,17H2,1-4H3. The van der Waals surface area contributed by atoms with Gasteiger partial charge in [0.15, 0.2) is 0 Å². The molecule has 0 radical (unpaired) electrons. The molecule has 0 heterocycles. The quantitative estimate of drug-likeness (QED) is 0.853. The molecule has 0 aromatic heterocycles. The third-order valence-corrected chi connectivity index (χ3v) is 5.67. The van der Waals surface area contributed by atoms with E-state index in [-0.39, 0.29) is 11.5 Å². The molecule has 0 spiro atoms. The molecule has 0 aromatic rings. The van der Waals surface area contributed by atoms with Gasteiger partial charge in [0.05, 0.1) is 0 Å². The molecule has 4 nitrogen and oxygen atoms in total. The number of nitrogens with zero attached hydrogens (tertiary/aromatic N) is 2. The molecule has 0 aromatic carbocycles. The number of hydrogen-bond donors (Lipinski definition) is 1. The Kier molecular flexibility index (Phi) is 4.75. The van der Waals surface area contributed by atoms with Crippen molar-refractivity contribution in [1.82, 2.24) is 9.80 Å². The number of carbonyl (C=O) groups is 1. The van der Waals surface area contributed by atoms with Crippen LogP contribution < -0.4 is 5.73 Å². The largest absolute Gasteiger partial charge is 0.344 e. The van der Waals surface area contributed by atoms with Gasteiger partial charge in [0.2, 0.25) is 5.91 Å². The summed E-state index contributed by atoms with van der Waals surface area (Å²) in [6.45, 7) is 3.05. The third kappa shape index (κ3) is 3.01. The van der Waals surface area contributed by atoms with Gasteiger partial charge in [0.25, 0.3) is 0 Å². The van der Waals surface area contributed by atoms with E-state index >= 15 is 0 Å². The van der Waals surface area contributed by atoms with Crippen LogP contribution in [0, 0.1) is 11.8 Å². The molecule has 2 aliphatic rings. The smallest absolute Gasteiger partial charge is 0.225 e. The highest BCUT2D eigenvalue weighted by atomic mass is 16.2. The fourth-order valence-corrected chi connectivity index (χ4v) is 3.94. The van der Waals surface area contributed by atoms with Crippen molar-refractivity contribution in [2.24, 2.45) is 17.6 Å². The summed E-state index contributed by atoms with van der Waals surface area (Å²) >= 11 is 0. The van der Waals surface area contributed by atoms with Crippen LogP contribution in [0.25, 0.3) is 0 Å². The van der Waals surface area contributed by atoms with Crippen molar-refractivity contribution in [1.29, 1.82) is 0 Å². The Balaban J connectivity index is 1.95. The van der Waals surface area contributed by atoms with Crippen LogP contribution in [-0.2, 0) is 4.79 Å². The highest BCUT2D eigenvalue weighted by Crippen LogP contribution is 2.37. The molecule has 0 aliphatic heterocycles. The Labute approximate surface area is 123 Å². The van der Waals surface area contributed by atoms with Gasteiger partial charge in [-0.2, -0.15) is 0 Å². The second-order valence-corrected chi connectivity index (χ2v) is 7.32. The zero-order valence-corrected chi connectivity index (χ0v) is 13.6. The van der Waals surface area contributed by atoms with E-state index in [1.165, 1.54) is 19.3 Å². The van der Waals surface area contributed by atoms with Gasteiger partial charge in [0, 0.05) is 31.1 Å². The van der Waals surface area contributed by atoms with Gasteiger partial charge in [-0.25, -0.2) is 0 Å². The molecule has 20 heavy (non-hydrogen) atoms. The predicted octanol–water partition coefficient (Wildman–Crippen LogP) is 1.69. The fourth-order valence-electron chi connectivity index (χ4n) is 3.94. The van der Waals surface area contributed by atoms with Crippen molar-refractivity contribution < 1.29 is 4.79 Å². The first-order valence-corrected chi connectivity index (χ1v) is 8.04. The van der Waals surface area contributed by atoms with Crippen LogP contribution in [0.5, 0.6) is 0 Å². The molecule has 2 rings (SSSR count). The zero-order valence-electron chi connectivity index (χ0n) is 13.6. The summed E-state index contributed by atoms with van der Waals surface area (Å²) in [6.07, 6.45) is 6.65. The SMILES string of the molecule is CC1CC(N)CCC1C(=O)N(C)CC1(N(C)C)CCC1. The minimum atomic E-state index is 0.180. The molecule has 3 atom stereocenters. The predicted molar refractivity (Wildman–Crippen MR) is 82.4 cm³/mol. The van der Waals surface area contributed by atoms with Crippen molar-refractivity contribution in [2.45, 2.75) is 57.0 Å². The van der Waals surface area contributed by atoms with Crippen LogP contribution in [-0.4, -0.2) is 55.0 Å². The van der Waals surface area contributed by atoms with Crippen molar-refractivity contribution in [3.63, 3.8) is 0 Å². The first kappa shape index (κ1) is 15.8. The lowest BCUT2D eigenvalue weighted by Crippen LogP contribution is -2.58. The maximum atomic E-state index is 12.7. The van der Waals surface area contributed by atoms with E-state index in [9.17, 15) is 4.79 Å². The van der Waals surface area contributed by atoms with Gasteiger partial charge in [-0.15, -0.1) is 0 Å². The average Bonchev–Trinajstić information content (AvgIpc) is 2.32. The fraction of sp³-hybridized carbons (Fsp3) is 0.938. The molecular formula is C16H31N3O. The monoisotopic (exact) mass is 281 g/mol. The Hall–Kier alpha value is -0.610. The molecule has 2 aliphatic carbocycles. The molecule has 2 saturated carbocycles. The van der Waals surface area contributed by atoms with E-state index in [1.807, 2.05) is 11.9 Å². The molecule has 1 amide bonds. The van der Waals surface area contributed by atoms with Crippen molar-refractivity contribution in [2.75, 3.05) is 27.7 Å². The van der Waals surface area contributed by atoms with Crippen LogP contribution in [0.3, 0.4) is 0 Å². The van der Waals surface area contributed by atoms with Gasteiger partial charge in [-0.1, -0.05) is 6.92 Å². The minimum absolute atomic E-state index is 0.180. The van der Waals surface area contributed by atoms with E-state index in [4.69, 9.17) is 5.73 Å². The molecule has 4 heteroatoms. The maximum Gasteiger partial charge on any atom is 0.225 e. The van der Waals surface area contributed by atoms with Crippen molar-refractivity contribution >= 4 is 5.91 Å². The van der Waals surface area contributed by atoms with Gasteiger partial charge < -0.3 is 15.5 Å². The number of amides is 1. The van der Waals surface area contributed by atoms with Crippen LogP contribution in [0.15, 0.2) is 0 Å². The topological polar surface area (TPSA) is 49.6 Å². The molecule has 2 fully saturated rings. The van der Waals surface area contributed by atoms with E-state index in [2.05, 4.69) is 25.9 Å². The highest BCUT2D eigenvalue weighted by molar-refractivity contribution is 5.79. The summed E-state index contributed by atoms with van der Waals surface area (Å²) in [5, 5.41) is 0. The van der Waals surface area contributed by atoms with E-state index in [1.54, 1.807) is 0 Å². The number of rotatable bonds is 4. The molecular weight excluding hydrogens is 250 g/mol. The molecule has 2 N–H and O–H groups in total. The number of likely N-dealkylation sites (N-methyl/N-ethyl adjacent to an activating group) is 2. The zero-order chi connectivity index (χ0) is 14.9. The van der Waals surface area contributed by atoms with Crippen LogP contribution in [0.1, 0.15) is 45.4 Å². The molecule has 116 valence electrons. The normalized spacial score (nSPS) is 32.8. The number of carbonyl (C=O) groups excluding carboxylic acids is 1. The summed E-state index contributed by atoms with van der Waals surface area (Å²) < 4.78 is 0. The van der Waals surface area contributed by atoms with Gasteiger partial charge in [0.1, 0.15) is 0 Å². The molecule has 0 bridgehead atoms. The summed E-state index contributed by atoms with van der Waals surface area (Å²) in [5.74, 6) is 0.932. The lowest BCUT2D eigenvalue weighted by Gasteiger charge is -2.49. The van der Waals surface area contributed by atoms with Gasteiger partial charge in [-0.3, -0.25) is 4.79 Å². The average molecular weight is 281 g/mol. The summed E-state index contributed by atoms with van der Waals surface area (Å²) in [6, 6.07) is 0.291. The van der Waals surface area contributed by atoms with Gasteiger partial charge in [-0.05, 0) is 58.5 Å². The number of nitrogens with two attached hydrogens (primary N) is 1. The van der Waals surface area contributed by atoms with Crippen LogP contribution in [0.2, 0.25) is 0 Å². The van der Waals surface area contributed by atoms with Crippen LogP contribution >= 0.6 is 0 Å². The summed E-state index contributed by atoms with van der Waals surface area (Å²) in [7, 11) is 6.26. The maximum absolute atomic E-state index is 12.7. The minimum Gasteiger partial charge on any atom is -0.344 e. The van der Waals surface area contributed by atoms with Crippen molar-refractivity contribution in [3.05, 3.63) is 0 Å². The summed E-state index contributed by atoms with van der Waals surface area (Å²) in [5.41, 5.74) is 6.23. The van der Waals surface area contributed by atoms with Crippen molar-refractivity contribution in [3.8, 4) is 0 Å². The first-order chi connectivity index (χ1) is 9.35. The third-order valence-electron chi connectivity index (χ3n) is 5.67. The Bertz CT molecular complexity index is 352. The Morgan fingerprint density at radius 1 is 1.25 bits per heavy atom. The highest BCUT2D eigenvalue weighted by Gasteiger charge is 2.42. The van der Waals surface area contributed by atoms with Crippen LogP contribution in [0.4, 0.5) is 0 Å². The van der Waals surface area contributed by atoms with E-state index < -0.39 is 0 Å². The van der Waals surface area contributed by atoms with Gasteiger partial charge >= 0.3 is 0 Å². The lowest BCUT2D eigenvalue weighted by atomic mass is 9.74. The number of hydrogen-bond acceptors (Lipinski definition) is 3. The Morgan fingerprint density at radius 3 is 2.35 bits per heavy atom. The molecule has 0 saturated heterocycles. The second kappa shape index (κ2) is 6.02. The lowest BCUT2D eigenvalue weighted by molar-refractivity contribution is -0.139.